The maximum absolute atomic E-state index is 8.00. The molecule has 0 aromatic heterocycles. The molecule has 90 valence electrons. The van der Waals surface area contributed by atoms with E-state index in [-0.39, 0.29) is 11.4 Å². The summed E-state index contributed by atoms with van der Waals surface area (Å²) in [5.41, 5.74) is 1.65. The Morgan fingerprint density at radius 1 is 0.611 bits per heavy atom. The van der Waals surface area contributed by atoms with Gasteiger partial charge in [0.05, 0.1) is 11.4 Å². The maximum atomic E-state index is 8.00. The van der Waals surface area contributed by atoms with Gasteiger partial charge in [0.15, 0.2) is 0 Å². The Hall–Kier alpha value is -1.64. The van der Waals surface area contributed by atoms with Gasteiger partial charge in [-0.2, -0.15) is 0 Å². The summed E-state index contributed by atoms with van der Waals surface area (Å²) in [6.07, 6.45) is 0. The molecule has 0 aliphatic rings. The Balaban J connectivity index is 2.26. The molecule has 2 rings (SSSR count). The van der Waals surface area contributed by atoms with Crippen LogP contribution in [0.1, 0.15) is 11.1 Å². The summed E-state index contributed by atoms with van der Waals surface area (Å²) in [6.45, 7) is 0. The molecule has 0 radical (unpaired) electrons. The van der Waals surface area contributed by atoms with Crippen LogP contribution in [-0.4, -0.2) is 11.4 Å². The Labute approximate surface area is 115 Å². The Morgan fingerprint density at radius 3 is 1.17 bits per heavy atom. The molecule has 0 unspecified atom stereocenters. The third kappa shape index (κ3) is 2.78. The predicted octanol–water partition coefficient (Wildman–Crippen LogP) is 4.43. The first-order chi connectivity index (χ1) is 8.58. The average molecular weight is 277 g/mol. The molecule has 2 aromatic carbocycles. The first-order valence-electron chi connectivity index (χ1n) is 5.27. The highest BCUT2D eigenvalue weighted by Crippen LogP contribution is 2.14. The van der Waals surface area contributed by atoms with Crippen LogP contribution >= 0.6 is 23.2 Å². The van der Waals surface area contributed by atoms with Crippen molar-refractivity contribution >= 4 is 34.6 Å². The second kappa shape index (κ2) is 5.34. The zero-order valence-corrected chi connectivity index (χ0v) is 10.9. The smallest absolute Gasteiger partial charge is 0.0867 e. The van der Waals surface area contributed by atoms with Gasteiger partial charge in [-0.1, -0.05) is 47.5 Å². The molecule has 0 saturated heterocycles. The van der Waals surface area contributed by atoms with Gasteiger partial charge in [-0.25, -0.2) is 0 Å². The second-order valence-electron chi connectivity index (χ2n) is 3.76. The third-order valence-corrected chi connectivity index (χ3v) is 3.02. The maximum Gasteiger partial charge on any atom is 0.0867 e. The highest BCUT2D eigenvalue weighted by molar-refractivity contribution is 6.51. The predicted molar refractivity (Wildman–Crippen MR) is 76.6 cm³/mol. The van der Waals surface area contributed by atoms with Crippen molar-refractivity contribution in [1.82, 2.24) is 0 Å². The van der Waals surface area contributed by atoms with Crippen molar-refractivity contribution in [3.63, 3.8) is 0 Å². The SMILES string of the molecule is N=C(C(=N)c1ccc(Cl)cc1)c1ccc(Cl)cc1. The summed E-state index contributed by atoms with van der Waals surface area (Å²) in [6, 6.07) is 13.8. The van der Waals surface area contributed by atoms with E-state index in [1.807, 2.05) is 0 Å². The van der Waals surface area contributed by atoms with Crippen LogP contribution in [0.4, 0.5) is 0 Å². The van der Waals surface area contributed by atoms with E-state index in [0.717, 1.165) is 0 Å². The lowest BCUT2D eigenvalue weighted by molar-refractivity contribution is 1.45. The Bertz CT molecular complexity index is 531. The van der Waals surface area contributed by atoms with Crippen molar-refractivity contribution in [2.45, 2.75) is 0 Å². The first kappa shape index (κ1) is 12.8. The number of nitrogens with one attached hydrogen (secondary N) is 2. The fourth-order valence-electron chi connectivity index (χ4n) is 1.52. The molecule has 0 fully saturated rings. The van der Waals surface area contributed by atoms with Crippen LogP contribution in [0.5, 0.6) is 0 Å². The molecule has 0 atom stereocenters. The Kier molecular flexibility index (Phi) is 3.80. The van der Waals surface area contributed by atoms with E-state index in [2.05, 4.69) is 0 Å². The molecule has 0 spiro atoms. The van der Waals surface area contributed by atoms with Crippen LogP contribution in [0.2, 0.25) is 10.0 Å². The molecule has 0 heterocycles. The number of hydrogen-bond acceptors (Lipinski definition) is 2. The highest BCUT2D eigenvalue weighted by atomic mass is 35.5. The third-order valence-electron chi connectivity index (χ3n) is 2.52. The lowest BCUT2D eigenvalue weighted by Gasteiger charge is -2.06. The number of halogens is 2. The van der Waals surface area contributed by atoms with Gasteiger partial charge in [-0.15, -0.1) is 0 Å². The van der Waals surface area contributed by atoms with E-state index in [9.17, 15) is 0 Å². The van der Waals surface area contributed by atoms with Crippen LogP contribution in [-0.2, 0) is 0 Å². The fraction of sp³-hybridized carbons (Fsp3) is 0. The average Bonchev–Trinajstić information content (AvgIpc) is 2.39. The van der Waals surface area contributed by atoms with Gasteiger partial charge in [0.2, 0.25) is 0 Å². The molecule has 0 aliphatic heterocycles. The summed E-state index contributed by atoms with van der Waals surface area (Å²) in [5.74, 6) is 0. The molecule has 2 nitrogen and oxygen atoms in total. The van der Waals surface area contributed by atoms with Gasteiger partial charge >= 0.3 is 0 Å². The van der Waals surface area contributed by atoms with Gasteiger partial charge in [0.1, 0.15) is 0 Å². The zero-order chi connectivity index (χ0) is 13.1. The minimum atomic E-state index is 0.161. The topological polar surface area (TPSA) is 47.7 Å². The van der Waals surface area contributed by atoms with Crippen molar-refractivity contribution in [1.29, 1.82) is 10.8 Å². The summed E-state index contributed by atoms with van der Waals surface area (Å²) in [5, 5.41) is 17.2. The van der Waals surface area contributed by atoms with Gasteiger partial charge in [-0.3, -0.25) is 10.8 Å². The van der Waals surface area contributed by atoms with Crippen molar-refractivity contribution in [2.75, 3.05) is 0 Å². The first-order valence-corrected chi connectivity index (χ1v) is 6.03. The van der Waals surface area contributed by atoms with E-state index in [4.69, 9.17) is 34.0 Å². The number of rotatable bonds is 3. The van der Waals surface area contributed by atoms with E-state index in [0.29, 0.717) is 21.2 Å². The van der Waals surface area contributed by atoms with Crippen molar-refractivity contribution < 1.29 is 0 Å². The van der Waals surface area contributed by atoms with E-state index in [1.165, 1.54) is 0 Å². The number of benzene rings is 2. The monoisotopic (exact) mass is 276 g/mol. The van der Waals surface area contributed by atoms with E-state index >= 15 is 0 Å². The molecule has 18 heavy (non-hydrogen) atoms. The zero-order valence-electron chi connectivity index (χ0n) is 9.37. The Morgan fingerprint density at radius 2 is 0.889 bits per heavy atom. The summed E-state index contributed by atoms with van der Waals surface area (Å²) in [4.78, 5) is 0. The molecule has 0 aliphatic carbocycles. The van der Waals surface area contributed by atoms with Crippen molar-refractivity contribution in [3.05, 3.63) is 69.7 Å². The fourth-order valence-corrected chi connectivity index (χ4v) is 1.77. The van der Waals surface area contributed by atoms with Crippen LogP contribution in [0.25, 0.3) is 0 Å². The van der Waals surface area contributed by atoms with E-state index in [1.54, 1.807) is 48.5 Å². The van der Waals surface area contributed by atoms with Crippen LogP contribution in [0.15, 0.2) is 48.5 Å². The van der Waals surface area contributed by atoms with Crippen LogP contribution < -0.4 is 0 Å². The molecular weight excluding hydrogens is 267 g/mol. The van der Waals surface area contributed by atoms with Gasteiger partial charge < -0.3 is 0 Å². The van der Waals surface area contributed by atoms with Gasteiger partial charge in [-0.05, 0) is 24.3 Å². The molecule has 2 aromatic rings. The molecular formula is C14H10Cl2N2. The second-order valence-corrected chi connectivity index (χ2v) is 4.64. The molecule has 0 bridgehead atoms. The molecule has 2 N–H and O–H groups in total. The van der Waals surface area contributed by atoms with E-state index < -0.39 is 0 Å². The summed E-state index contributed by atoms with van der Waals surface area (Å²) >= 11 is 11.6. The molecule has 0 saturated carbocycles. The van der Waals surface area contributed by atoms with Crippen molar-refractivity contribution in [3.8, 4) is 0 Å². The lowest BCUT2D eigenvalue weighted by atomic mass is 10.0. The van der Waals surface area contributed by atoms with Crippen LogP contribution in [0.3, 0.4) is 0 Å². The minimum absolute atomic E-state index is 0.161. The van der Waals surface area contributed by atoms with Crippen LogP contribution in [0, 0.1) is 10.8 Å². The van der Waals surface area contributed by atoms with Gasteiger partial charge in [0, 0.05) is 21.2 Å². The standard InChI is InChI=1S/C14H10Cl2N2/c15-11-5-1-9(2-6-11)13(17)14(18)10-3-7-12(16)8-4-10/h1-8,17-18H. The minimum Gasteiger partial charge on any atom is -0.298 e. The van der Waals surface area contributed by atoms with Gasteiger partial charge in [0.25, 0.3) is 0 Å². The molecule has 0 amide bonds. The summed E-state index contributed by atoms with van der Waals surface area (Å²) < 4.78 is 0. The normalized spacial score (nSPS) is 10.1. The largest absolute Gasteiger partial charge is 0.298 e. The van der Waals surface area contributed by atoms with Crippen molar-refractivity contribution in [2.24, 2.45) is 0 Å². The highest BCUT2D eigenvalue weighted by Gasteiger charge is 2.10. The molecule has 4 heteroatoms. The summed E-state index contributed by atoms with van der Waals surface area (Å²) in [7, 11) is 0. The number of hydrogen-bond donors (Lipinski definition) is 2. The lowest BCUT2D eigenvalue weighted by Crippen LogP contribution is -2.14. The quantitative estimate of drug-likeness (QED) is 0.780.